The van der Waals surface area contributed by atoms with Crippen LogP contribution in [0.25, 0.3) is 0 Å². The molecule has 2 N–H and O–H groups in total. The second-order valence-electron chi connectivity index (χ2n) is 4.03. The zero-order chi connectivity index (χ0) is 11.3. The number of nitrogens with two attached hydrogens (primary N) is 1. The van der Waals surface area contributed by atoms with Gasteiger partial charge in [-0.15, -0.1) is 0 Å². The number of aliphatic imine (C=N–C) groups is 1. The van der Waals surface area contributed by atoms with E-state index in [2.05, 4.69) is 11.1 Å². The van der Waals surface area contributed by atoms with E-state index in [1.807, 2.05) is 6.92 Å². The van der Waals surface area contributed by atoms with Crippen molar-refractivity contribution in [1.29, 1.82) is 5.26 Å². The molecule has 1 aliphatic carbocycles. The highest BCUT2D eigenvalue weighted by Crippen LogP contribution is 2.21. The van der Waals surface area contributed by atoms with Crippen molar-refractivity contribution in [3.8, 4) is 6.07 Å². The Balaban J connectivity index is 2.64. The monoisotopic (exact) mass is 223 g/mol. The molecule has 1 atom stereocenters. The zero-order valence-corrected chi connectivity index (χ0v) is 9.89. The molecule has 15 heavy (non-hydrogen) atoms. The standard InChI is InChI=1S/C11H17N3S/c1-8(10(7-12)11(13)15)14-9-5-3-2-4-6-9/h9-10H,2-6H2,1H3,(H2,13,15). The van der Waals surface area contributed by atoms with Crippen LogP contribution in [0.15, 0.2) is 4.99 Å². The third-order valence-electron chi connectivity index (χ3n) is 2.79. The maximum Gasteiger partial charge on any atom is 0.133 e. The molecule has 0 radical (unpaired) electrons. The van der Waals surface area contributed by atoms with E-state index in [9.17, 15) is 0 Å². The highest BCUT2D eigenvalue weighted by molar-refractivity contribution is 7.80. The Morgan fingerprint density at radius 2 is 2.07 bits per heavy atom. The quantitative estimate of drug-likeness (QED) is 0.589. The molecule has 82 valence electrons. The number of hydrogen-bond acceptors (Lipinski definition) is 3. The van der Waals surface area contributed by atoms with Crippen LogP contribution in [0.2, 0.25) is 0 Å². The molecule has 0 bridgehead atoms. The van der Waals surface area contributed by atoms with Crippen LogP contribution in [0.3, 0.4) is 0 Å². The third-order valence-corrected chi connectivity index (χ3v) is 3.03. The molecule has 1 unspecified atom stereocenters. The molecule has 0 spiro atoms. The topological polar surface area (TPSA) is 62.2 Å². The summed E-state index contributed by atoms with van der Waals surface area (Å²) in [4.78, 5) is 4.79. The summed E-state index contributed by atoms with van der Waals surface area (Å²) >= 11 is 4.83. The Kier molecular flexibility index (Phi) is 4.70. The third kappa shape index (κ3) is 3.60. The Hall–Kier alpha value is -0.950. The number of rotatable bonds is 3. The first kappa shape index (κ1) is 12.1. The molecule has 1 fully saturated rings. The molecule has 1 saturated carbocycles. The first-order chi connectivity index (χ1) is 7.15. The highest BCUT2D eigenvalue weighted by atomic mass is 32.1. The van der Waals surface area contributed by atoms with Gasteiger partial charge in [0.25, 0.3) is 0 Å². The molecule has 1 rings (SSSR count). The van der Waals surface area contributed by atoms with Gasteiger partial charge in [0, 0.05) is 11.8 Å². The van der Waals surface area contributed by atoms with Crippen molar-refractivity contribution in [2.75, 3.05) is 0 Å². The number of nitriles is 1. The second kappa shape index (κ2) is 5.82. The van der Waals surface area contributed by atoms with E-state index in [1.54, 1.807) is 0 Å². The maximum atomic E-state index is 8.90. The fourth-order valence-electron chi connectivity index (χ4n) is 1.94. The van der Waals surface area contributed by atoms with Crippen LogP contribution in [0, 0.1) is 17.2 Å². The van der Waals surface area contributed by atoms with E-state index in [-0.39, 0.29) is 4.99 Å². The van der Waals surface area contributed by atoms with Gasteiger partial charge in [0.1, 0.15) is 5.92 Å². The molecule has 0 amide bonds. The average Bonchev–Trinajstić information content (AvgIpc) is 2.19. The van der Waals surface area contributed by atoms with Crippen molar-refractivity contribution >= 4 is 22.9 Å². The Labute approximate surface area is 96.4 Å². The summed E-state index contributed by atoms with van der Waals surface area (Å²) in [5.74, 6) is -0.484. The molecule has 0 aromatic rings. The minimum absolute atomic E-state index is 0.231. The molecule has 0 aliphatic heterocycles. The molecule has 0 saturated heterocycles. The minimum Gasteiger partial charge on any atom is -0.392 e. The van der Waals surface area contributed by atoms with E-state index < -0.39 is 5.92 Å². The van der Waals surface area contributed by atoms with Crippen LogP contribution in [0.1, 0.15) is 39.0 Å². The van der Waals surface area contributed by atoms with Crippen LogP contribution < -0.4 is 5.73 Å². The van der Waals surface area contributed by atoms with Gasteiger partial charge in [-0.1, -0.05) is 31.5 Å². The summed E-state index contributed by atoms with van der Waals surface area (Å²) in [7, 11) is 0. The van der Waals surface area contributed by atoms with Gasteiger partial charge >= 0.3 is 0 Å². The summed E-state index contributed by atoms with van der Waals surface area (Å²) < 4.78 is 0. The largest absolute Gasteiger partial charge is 0.392 e. The van der Waals surface area contributed by atoms with Gasteiger partial charge in [0.2, 0.25) is 0 Å². The van der Waals surface area contributed by atoms with Gasteiger partial charge in [-0.3, -0.25) is 4.99 Å². The average molecular weight is 223 g/mol. The molecule has 0 heterocycles. The fraction of sp³-hybridized carbons (Fsp3) is 0.727. The molecule has 0 aromatic carbocycles. The summed E-state index contributed by atoms with van der Waals surface area (Å²) in [6.45, 7) is 1.85. The first-order valence-electron chi connectivity index (χ1n) is 5.38. The van der Waals surface area contributed by atoms with E-state index in [0.717, 1.165) is 18.6 Å². The Morgan fingerprint density at radius 1 is 1.47 bits per heavy atom. The van der Waals surface area contributed by atoms with Crippen molar-refractivity contribution in [2.45, 2.75) is 45.1 Å². The number of nitrogens with zero attached hydrogens (tertiary/aromatic N) is 2. The Morgan fingerprint density at radius 3 is 2.53 bits per heavy atom. The SMILES string of the molecule is CC(=NC1CCCCC1)C(C#N)C(N)=S. The molecular weight excluding hydrogens is 206 g/mol. The molecule has 3 nitrogen and oxygen atoms in total. The van der Waals surface area contributed by atoms with Crippen molar-refractivity contribution in [3.63, 3.8) is 0 Å². The van der Waals surface area contributed by atoms with E-state index in [4.69, 9.17) is 23.2 Å². The van der Waals surface area contributed by atoms with Crippen LogP contribution in [-0.2, 0) is 0 Å². The lowest BCUT2D eigenvalue weighted by Gasteiger charge is -2.19. The van der Waals surface area contributed by atoms with Crippen molar-refractivity contribution in [1.82, 2.24) is 0 Å². The maximum absolute atomic E-state index is 8.90. The normalized spacial score (nSPS) is 20.7. The van der Waals surface area contributed by atoms with Gasteiger partial charge in [0.15, 0.2) is 0 Å². The molecule has 4 heteroatoms. The fourth-order valence-corrected chi connectivity index (χ4v) is 2.16. The number of hydrogen-bond donors (Lipinski definition) is 1. The van der Waals surface area contributed by atoms with Gasteiger partial charge in [-0.2, -0.15) is 5.26 Å². The lowest BCUT2D eigenvalue weighted by atomic mass is 9.95. The lowest BCUT2D eigenvalue weighted by molar-refractivity contribution is 0.442. The minimum atomic E-state index is -0.484. The highest BCUT2D eigenvalue weighted by Gasteiger charge is 2.17. The van der Waals surface area contributed by atoms with Gasteiger partial charge in [-0.25, -0.2) is 0 Å². The Bertz CT molecular complexity index is 297. The summed E-state index contributed by atoms with van der Waals surface area (Å²) in [6.07, 6.45) is 6.05. The second-order valence-corrected chi connectivity index (χ2v) is 4.50. The van der Waals surface area contributed by atoms with Crippen LogP contribution >= 0.6 is 12.2 Å². The smallest absolute Gasteiger partial charge is 0.133 e. The van der Waals surface area contributed by atoms with Gasteiger partial charge in [-0.05, 0) is 19.8 Å². The summed E-state index contributed by atoms with van der Waals surface area (Å²) in [5, 5.41) is 8.90. The lowest BCUT2D eigenvalue weighted by Crippen LogP contribution is -2.27. The van der Waals surface area contributed by atoms with Crippen molar-refractivity contribution < 1.29 is 0 Å². The van der Waals surface area contributed by atoms with Gasteiger partial charge < -0.3 is 5.73 Å². The van der Waals surface area contributed by atoms with E-state index in [0.29, 0.717) is 6.04 Å². The predicted octanol–water partition coefficient (Wildman–Crippen LogP) is 2.21. The van der Waals surface area contributed by atoms with Crippen LogP contribution in [0.5, 0.6) is 0 Å². The summed E-state index contributed by atoms with van der Waals surface area (Å²) in [5.41, 5.74) is 6.26. The predicted molar refractivity (Wildman–Crippen MR) is 65.9 cm³/mol. The summed E-state index contributed by atoms with van der Waals surface area (Å²) in [6, 6.07) is 2.47. The zero-order valence-electron chi connectivity index (χ0n) is 9.07. The van der Waals surface area contributed by atoms with Crippen LogP contribution in [0.4, 0.5) is 0 Å². The number of thiocarbonyl (C=S) groups is 1. The van der Waals surface area contributed by atoms with E-state index in [1.165, 1.54) is 19.3 Å². The van der Waals surface area contributed by atoms with Crippen LogP contribution in [-0.4, -0.2) is 16.7 Å². The van der Waals surface area contributed by atoms with Crippen molar-refractivity contribution in [2.24, 2.45) is 16.6 Å². The molecule has 1 aliphatic rings. The first-order valence-corrected chi connectivity index (χ1v) is 5.79. The van der Waals surface area contributed by atoms with Gasteiger partial charge in [0.05, 0.1) is 11.1 Å². The van der Waals surface area contributed by atoms with Crippen molar-refractivity contribution in [3.05, 3.63) is 0 Å². The van der Waals surface area contributed by atoms with E-state index >= 15 is 0 Å². The molecular formula is C11H17N3S. The molecule has 0 aromatic heterocycles.